The molecule has 1 aliphatic rings. The molecule has 2 N–H and O–H groups in total. The minimum absolute atomic E-state index is 0.0401. The van der Waals surface area contributed by atoms with Gasteiger partial charge in [0.15, 0.2) is 11.5 Å². The van der Waals surface area contributed by atoms with E-state index in [2.05, 4.69) is 11.0 Å². The molecule has 1 saturated heterocycles. The number of carboxylic acid groups (broad SMARTS) is 2. The number of benzene rings is 2. The second-order valence-corrected chi connectivity index (χ2v) is 7.66. The molecule has 184 valence electrons. The highest BCUT2D eigenvalue weighted by Crippen LogP contribution is 2.38. The number of hydrogen-bond donors (Lipinski definition) is 2. The molecule has 0 saturated carbocycles. The van der Waals surface area contributed by atoms with Crippen LogP contribution in [0.3, 0.4) is 0 Å². The lowest BCUT2D eigenvalue weighted by Crippen LogP contribution is -2.48. The Balaban J connectivity index is 0.000000604. The van der Waals surface area contributed by atoms with Crippen LogP contribution in [-0.2, 0) is 16.1 Å². The summed E-state index contributed by atoms with van der Waals surface area (Å²) in [6.07, 6.45) is 0. The number of nitrogens with zero attached hydrogens (tertiary/aromatic N) is 2. The van der Waals surface area contributed by atoms with Crippen LogP contribution in [0.1, 0.15) is 15.9 Å². The van der Waals surface area contributed by atoms with Gasteiger partial charge in [-0.3, -0.25) is 9.69 Å². The van der Waals surface area contributed by atoms with Crippen LogP contribution in [-0.4, -0.2) is 85.4 Å². The van der Waals surface area contributed by atoms with Gasteiger partial charge in [-0.2, -0.15) is 0 Å². The maximum atomic E-state index is 13.0. The van der Waals surface area contributed by atoms with Gasteiger partial charge < -0.3 is 29.3 Å². The van der Waals surface area contributed by atoms with Crippen molar-refractivity contribution in [3.63, 3.8) is 0 Å². The summed E-state index contributed by atoms with van der Waals surface area (Å²) in [5.41, 5.74) is 1.70. The molecule has 0 atom stereocenters. The molecule has 34 heavy (non-hydrogen) atoms. The molecule has 3 rings (SSSR count). The largest absolute Gasteiger partial charge is 0.493 e. The van der Waals surface area contributed by atoms with E-state index in [-0.39, 0.29) is 5.91 Å². The number of rotatable bonds is 6. The van der Waals surface area contributed by atoms with Gasteiger partial charge >= 0.3 is 11.9 Å². The van der Waals surface area contributed by atoms with Crippen LogP contribution in [0.4, 0.5) is 0 Å². The standard InChI is InChI=1S/C21H25ClN2O4.C2H2O4/c1-26-18-12-16(13-19(27-2)20(18)28-3)21(25)24-9-7-23(8-10-24)14-15-5-4-6-17(22)11-15;3-1(4)2(5)6/h4-6,11-13H,7-10,14H2,1-3H3;(H,3,4)(H,5,6). The van der Waals surface area contributed by atoms with E-state index < -0.39 is 11.9 Å². The van der Waals surface area contributed by atoms with Crippen LogP contribution in [0.5, 0.6) is 17.2 Å². The number of aliphatic carboxylic acids is 2. The van der Waals surface area contributed by atoms with Crippen molar-refractivity contribution >= 4 is 29.4 Å². The Labute approximate surface area is 202 Å². The third-order valence-corrected chi connectivity index (χ3v) is 5.28. The van der Waals surface area contributed by atoms with Crippen LogP contribution in [0.25, 0.3) is 0 Å². The quantitative estimate of drug-likeness (QED) is 0.582. The van der Waals surface area contributed by atoms with Gasteiger partial charge in [0.05, 0.1) is 21.3 Å². The summed E-state index contributed by atoms with van der Waals surface area (Å²) in [4.78, 5) is 35.4. The molecule has 1 aliphatic heterocycles. The predicted octanol–water partition coefficient (Wildman–Crippen LogP) is 2.48. The monoisotopic (exact) mass is 494 g/mol. The number of carbonyl (C=O) groups excluding carboxylic acids is 1. The van der Waals surface area contributed by atoms with Crippen molar-refractivity contribution in [2.45, 2.75) is 6.54 Å². The minimum Gasteiger partial charge on any atom is -0.493 e. The first-order valence-corrected chi connectivity index (χ1v) is 10.6. The first kappa shape index (κ1) is 26.7. The molecule has 0 aliphatic carbocycles. The molecule has 0 spiro atoms. The summed E-state index contributed by atoms with van der Waals surface area (Å²) in [5.74, 6) is -2.26. The molecular weight excluding hydrogens is 468 g/mol. The Bertz CT molecular complexity index is 985. The third-order valence-electron chi connectivity index (χ3n) is 5.05. The molecule has 10 nitrogen and oxygen atoms in total. The Morgan fingerprint density at radius 3 is 1.88 bits per heavy atom. The summed E-state index contributed by atoms with van der Waals surface area (Å²) < 4.78 is 16.0. The lowest BCUT2D eigenvalue weighted by molar-refractivity contribution is -0.159. The summed E-state index contributed by atoms with van der Waals surface area (Å²) in [5, 5.41) is 15.5. The van der Waals surface area contributed by atoms with Crippen molar-refractivity contribution in [3.8, 4) is 17.2 Å². The molecule has 0 bridgehead atoms. The number of carboxylic acids is 2. The number of halogens is 1. The third kappa shape index (κ3) is 7.26. The van der Waals surface area contributed by atoms with Gasteiger partial charge in [0, 0.05) is 43.3 Å². The van der Waals surface area contributed by atoms with Gasteiger partial charge in [-0.15, -0.1) is 0 Å². The zero-order valence-corrected chi connectivity index (χ0v) is 19.9. The Hall–Kier alpha value is -3.50. The van der Waals surface area contributed by atoms with E-state index in [4.69, 9.17) is 45.6 Å². The average Bonchev–Trinajstić information content (AvgIpc) is 2.83. The first-order chi connectivity index (χ1) is 16.2. The van der Waals surface area contributed by atoms with E-state index in [1.807, 2.05) is 23.1 Å². The van der Waals surface area contributed by atoms with Crippen LogP contribution >= 0.6 is 11.6 Å². The maximum Gasteiger partial charge on any atom is 0.414 e. The van der Waals surface area contributed by atoms with Gasteiger partial charge in [0.2, 0.25) is 5.75 Å². The minimum atomic E-state index is -1.82. The van der Waals surface area contributed by atoms with E-state index in [1.54, 1.807) is 33.5 Å². The predicted molar refractivity (Wildman–Crippen MR) is 124 cm³/mol. The second kappa shape index (κ2) is 12.7. The van der Waals surface area contributed by atoms with Crippen LogP contribution in [0.15, 0.2) is 36.4 Å². The first-order valence-electron chi connectivity index (χ1n) is 10.2. The normalized spacial score (nSPS) is 13.4. The van der Waals surface area contributed by atoms with Gasteiger partial charge in [-0.25, -0.2) is 9.59 Å². The fourth-order valence-electron chi connectivity index (χ4n) is 3.39. The van der Waals surface area contributed by atoms with E-state index in [0.717, 1.165) is 24.7 Å². The molecule has 2 aromatic rings. The molecule has 11 heteroatoms. The van der Waals surface area contributed by atoms with Gasteiger partial charge in [-0.05, 0) is 29.8 Å². The fraction of sp³-hybridized carbons (Fsp3) is 0.348. The Morgan fingerprint density at radius 2 is 1.44 bits per heavy atom. The molecular formula is C23H27ClN2O8. The van der Waals surface area contributed by atoms with Crippen LogP contribution < -0.4 is 14.2 Å². The number of piperazine rings is 1. The fourth-order valence-corrected chi connectivity index (χ4v) is 3.60. The highest BCUT2D eigenvalue weighted by molar-refractivity contribution is 6.30. The Kier molecular flexibility index (Phi) is 9.96. The van der Waals surface area contributed by atoms with E-state index in [0.29, 0.717) is 35.9 Å². The van der Waals surface area contributed by atoms with Gasteiger partial charge in [0.25, 0.3) is 5.91 Å². The van der Waals surface area contributed by atoms with Crippen molar-refractivity contribution in [3.05, 3.63) is 52.5 Å². The van der Waals surface area contributed by atoms with Crippen molar-refractivity contribution in [2.24, 2.45) is 0 Å². The lowest BCUT2D eigenvalue weighted by atomic mass is 10.1. The van der Waals surface area contributed by atoms with Gasteiger partial charge in [-0.1, -0.05) is 23.7 Å². The van der Waals surface area contributed by atoms with Crippen LogP contribution in [0, 0.1) is 0 Å². The average molecular weight is 495 g/mol. The number of ether oxygens (including phenoxy) is 3. The zero-order chi connectivity index (χ0) is 25.3. The lowest BCUT2D eigenvalue weighted by Gasteiger charge is -2.35. The number of methoxy groups -OCH3 is 3. The molecule has 0 aromatic heterocycles. The molecule has 2 aromatic carbocycles. The van der Waals surface area contributed by atoms with E-state index in [1.165, 1.54) is 5.56 Å². The van der Waals surface area contributed by atoms with E-state index >= 15 is 0 Å². The second-order valence-electron chi connectivity index (χ2n) is 7.22. The Morgan fingerprint density at radius 1 is 0.882 bits per heavy atom. The number of hydrogen-bond acceptors (Lipinski definition) is 7. The molecule has 1 fully saturated rings. The zero-order valence-electron chi connectivity index (χ0n) is 19.1. The SMILES string of the molecule is COc1cc(C(=O)N2CCN(Cc3cccc(Cl)c3)CC2)cc(OC)c1OC.O=C(O)C(=O)O. The summed E-state index contributed by atoms with van der Waals surface area (Å²) >= 11 is 6.07. The van der Waals surface area contributed by atoms with Crippen molar-refractivity contribution in [1.29, 1.82) is 0 Å². The summed E-state index contributed by atoms with van der Waals surface area (Å²) in [6.45, 7) is 3.77. The highest BCUT2D eigenvalue weighted by atomic mass is 35.5. The van der Waals surface area contributed by atoms with Crippen LogP contribution in [0.2, 0.25) is 5.02 Å². The van der Waals surface area contributed by atoms with Gasteiger partial charge in [0.1, 0.15) is 0 Å². The maximum absolute atomic E-state index is 13.0. The topological polar surface area (TPSA) is 126 Å². The molecule has 0 radical (unpaired) electrons. The number of amides is 1. The molecule has 1 heterocycles. The highest BCUT2D eigenvalue weighted by Gasteiger charge is 2.24. The van der Waals surface area contributed by atoms with E-state index in [9.17, 15) is 4.79 Å². The van der Waals surface area contributed by atoms with Crippen molar-refractivity contribution < 1.29 is 38.8 Å². The van der Waals surface area contributed by atoms with Crippen molar-refractivity contribution in [2.75, 3.05) is 47.5 Å². The molecule has 1 amide bonds. The summed E-state index contributed by atoms with van der Waals surface area (Å²) in [6, 6.07) is 11.3. The van der Waals surface area contributed by atoms with Crippen molar-refractivity contribution in [1.82, 2.24) is 9.80 Å². The molecule has 0 unspecified atom stereocenters. The number of carbonyl (C=O) groups is 3. The summed E-state index contributed by atoms with van der Waals surface area (Å²) in [7, 11) is 4.63. The smallest absolute Gasteiger partial charge is 0.414 e.